The van der Waals surface area contributed by atoms with Gasteiger partial charge in [-0.05, 0) is 30.9 Å². The van der Waals surface area contributed by atoms with Crippen LogP contribution < -0.4 is 5.56 Å². The monoisotopic (exact) mass is 285 g/mol. The molecule has 0 bridgehead atoms. The average Bonchev–Trinajstić information content (AvgIpc) is 3.01. The third-order valence-electron chi connectivity index (χ3n) is 4.93. The molecule has 1 saturated carbocycles. The number of para-hydroxylation sites is 1. The lowest BCUT2D eigenvalue weighted by molar-refractivity contribution is 0.123. The number of rotatable bonds is 2. The van der Waals surface area contributed by atoms with Gasteiger partial charge in [0.2, 0.25) is 0 Å². The molecule has 2 fully saturated rings. The summed E-state index contributed by atoms with van der Waals surface area (Å²) in [6.07, 6.45) is 1.90. The molecule has 0 radical (unpaired) electrons. The first kappa shape index (κ1) is 13.0. The molecule has 0 spiro atoms. The van der Waals surface area contributed by atoms with E-state index in [1.165, 1.54) is 0 Å². The Labute approximate surface area is 122 Å². The number of H-pyrrole nitrogens is 1. The molecular formula is C16H19N3O2. The van der Waals surface area contributed by atoms with Crippen LogP contribution in [-0.2, 0) is 6.54 Å². The highest BCUT2D eigenvalue weighted by atomic mass is 16.3. The Morgan fingerprint density at radius 1 is 1.29 bits per heavy atom. The number of nitrogens with one attached hydrogen (secondary N) is 1. The van der Waals surface area contributed by atoms with Crippen LogP contribution in [0.4, 0.5) is 0 Å². The number of benzene rings is 1. The van der Waals surface area contributed by atoms with Gasteiger partial charge in [0, 0.05) is 19.0 Å². The lowest BCUT2D eigenvalue weighted by Crippen LogP contribution is -2.26. The SMILES string of the molecule is O=c1[nH]c(CN2CC3CCC(O)C3C2)nc2ccccc12. The molecule has 2 heterocycles. The average molecular weight is 285 g/mol. The number of aliphatic hydroxyl groups excluding tert-OH is 1. The fourth-order valence-corrected chi connectivity index (χ4v) is 3.88. The van der Waals surface area contributed by atoms with Crippen molar-refractivity contribution >= 4 is 10.9 Å². The number of hydrogen-bond donors (Lipinski definition) is 2. The minimum atomic E-state index is -0.149. The van der Waals surface area contributed by atoms with Crippen LogP contribution in [0.15, 0.2) is 29.1 Å². The topological polar surface area (TPSA) is 69.2 Å². The first-order valence-corrected chi connectivity index (χ1v) is 7.59. The second-order valence-corrected chi connectivity index (χ2v) is 6.29. The van der Waals surface area contributed by atoms with Crippen LogP contribution >= 0.6 is 0 Å². The van der Waals surface area contributed by atoms with Gasteiger partial charge in [0.1, 0.15) is 5.82 Å². The summed E-state index contributed by atoms with van der Waals surface area (Å²) in [5.41, 5.74) is 0.672. The molecule has 2 aromatic rings. The largest absolute Gasteiger partial charge is 0.393 e. The van der Waals surface area contributed by atoms with E-state index in [0.717, 1.165) is 31.4 Å². The molecule has 110 valence electrons. The fraction of sp³-hybridized carbons (Fsp3) is 0.500. The van der Waals surface area contributed by atoms with Gasteiger partial charge in [0.05, 0.1) is 23.6 Å². The van der Waals surface area contributed by atoms with Crippen LogP contribution in [0, 0.1) is 11.8 Å². The second-order valence-electron chi connectivity index (χ2n) is 6.29. The van der Waals surface area contributed by atoms with Crippen LogP contribution in [0.3, 0.4) is 0 Å². The normalized spacial score (nSPS) is 29.1. The predicted molar refractivity (Wildman–Crippen MR) is 79.9 cm³/mol. The summed E-state index contributed by atoms with van der Waals surface area (Å²) in [4.78, 5) is 21.8. The van der Waals surface area contributed by atoms with Gasteiger partial charge >= 0.3 is 0 Å². The van der Waals surface area contributed by atoms with Crippen molar-refractivity contribution in [3.63, 3.8) is 0 Å². The zero-order valence-corrected chi connectivity index (χ0v) is 11.8. The third kappa shape index (κ3) is 2.26. The maximum Gasteiger partial charge on any atom is 0.258 e. The minimum Gasteiger partial charge on any atom is -0.393 e. The Kier molecular flexibility index (Phi) is 3.05. The van der Waals surface area contributed by atoms with E-state index in [1.807, 2.05) is 18.2 Å². The van der Waals surface area contributed by atoms with E-state index in [4.69, 9.17) is 0 Å². The van der Waals surface area contributed by atoms with Crippen LogP contribution in [-0.4, -0.2) is 39.2 Å². The smallest absolute Gasteiger partial charge is 0.258 e. The van der Waals surface area contributed by atoms with E-state index in [-0.39, 0.29) is 11.7 Å². The Hall–Kier alpha value is -1.72. The van der Waals surface area contributed by atoms with Crippen molar-refractivity contribution < 1.29 is 5.11 Å². The van der Waals surface area contributed by atoms with Crippen molar-refractivity contribution in [1.29, 1.82) is 0 Å². The van der Waals surface area contributed by atoms with Crippen LogP contribution in [0.1, 0.15) is 18.7 Å². The summed E-state index contributed by atoms with van der Waals surface area (Å²) >= 11 is 0. The molecule has 3 unspecified atom stereocenters. The van der Waals surface area contributed by atoms with Crippen LogP contribution in [0.25, 0.3) is 10.9 Å². The van der Waals surface area contributed by atoms with Gasteiger partial charge in [0.15, 0.2) is 0 Å². The van der Waals surface area contributed by atoms with Crippen molar-refractivity contribution in [1.82, 2.24) is 14.9 Å². The first-order chi connectivity index (χ1) is 10.2. The van der Waals surface area contributed by atoms with E-state index in [2.05, 4.69) is 14.9 Å². The maximum atomic E-state index is 12.1. The van der Waals surface area contributed by atoms with Gasteiger partial charge in [-0.2, -0.15) is 0 Å². The lowest BCUT2D eigenvalue weighted by Gasteiger charge is -2.17. The van der Waals surface area contributed by atoms with Crippen LogP contribution in [0.5, 0.6) is 0 Å². The molecule has 2 aliphatic rings. The van der Waals surface area contributed by atoms with Gasteiger partial charge in [-0.15, -0.1) is 0 Å². The summed E-state index contributed by atoms with van der Waals surface area (Å²) in [6, 6.07) is 7.41. The summed E-state index contributed by atoms with van der Waals surface area (Å²) < 4.78 is 0. The van der Waals surface area contributed by atoms with Gasteiger partial charge < -0.3 is 10.1 Å². The molecule has 3 atom stereocenters. The molecule has 5 nitrogen and oxygen atoms in total. The number of aliphatic hydroxyl groups is 1. The Balaban J connectivity index is 1.57. The summed E-state index contributed by atoms with van der Waals surface area (Å²) in [7, 11) is 0. The van der Waals surface area contributed by atoms with Crippen molar-refractivity contribution in [2.45, 2.75) is 25.5 Å². The van der Waals surface area contributed by atoms with Crippen molar-refractivity contribution in [3.8, 4) is 0 Å². The summed E-state index contributed by atoms with van der Waals surface area (Å²) in [6.45, 7) is 2.56. The maximum absolute atomic E-state index is 12.1. The quantitative estimate of drug-likeness (QED) is 0.868. The Morgan fingerprint density at radius 3 is 3.00 bits per heavy atom. The molecule has 1 aromatic carbocycles. The van der Waals surface area contributed by atoms with Crippen molar-refractivity contribution in [2.24, 2.45) is 11.8 Å². The van der Waals surface area contributed by atoms with E-state index >= 15 is 0 Å². The molecule has 4 rings (SSSR count). The first-order valence-electron chi connectivity index (χ1n) is 7.59. The number of nitrogens with zero attached hydrogens (tertiary/aromatic N) is 2. The molecule has 1 aromatic heterocycles. The van der Waals surface area contributed by atoms with Gasteiger partial charge in [-0.25, -0.2) is 4.98 Å². The highest BCUT2D eigenvalue weighted by Gasteiger charge is 2.41. The zero-order chi connectivity index (χ0) is 14.4. The molecule has 1 saturated heterocycles. The predicted octanol–water partition coefficient (Wildman–Crippen LogP) is 1.13. The third-order valence-corrected chi connectivity index (χ3v) is 4.93. The Morgan fingerprint density at radius 2 is 2.14 bits per heavy atom. The number of likely N-dealkylation sites (tertiary alicyclic amines) is 1. The van der Waals surface area contributed by atoms with Gasteiger partial charge in [-0.1, -0.05) is 12.1 Å². The molecule has 2 N–H and O–H groups in total. The lowest BCUT2D eigenvalue weighted by atomic mass is 10.00. The second kappa shape index (κ2) is 4.93. The summed E-state index contributed by atoms with van der Waals surface area (Å²) in [5, 5.41) is 10.6. The van der Waals surface area contributed by atoms with E-state index in [1.54, 1.807) is 6.07 Å². The summed E-state index contributed by atoms with van der Waals surface area (Å²) in [5.74, 6) is 1.72. The van der Waals surface area contributed by atoms with Crippen molar-refractivity contribution in [2.75, 3.05) is 13.1 Å². The molecule has 5 heteroatoms. The van der Waals surface area contributed by atoms with Gasteiger partial charge in [-0.3, -0.25) is 9.69 Å². The number of fused-ring (bicyclic) bond motifs is 2. The molecule has 0 amide bonds. The zero-order valence-electron chi connectivity index (χ0n) is 11.8. The number of hydrogen-bond acceptors (Lipinski definition) is 4. The molecular weight excluding hydrogens is 266 g/mol. The van der Waals surface area contributed by atoms with E-state index in [9.17, 15) is 9.90 Å². The standard InChI is InChI=1S/C16H19N3O2/c20-14-6-5-10-7-19(8-12(10)14)9-15-17-13-4-2-1-3-11(13)16(21)18-15/h1-4,10,12,14,20H,5-9H2,(H,17,18,21). The minimum absolute atomic E-state index is 0.0741. The van der Waals surface area contributed by atoms with Crippen molar-refractivity contribution in [3.05, 3.63) is 40.4 Å². The number of aromatic nitrogens is 2. The Bertz CT molecular complexity index is 727. The van der Waals surface area contributed by atoms with E-state index in [0.29, 0.717) is 29.6 Å². The number of aromatic amines is 1. The highest BCUT2D eigenvalue weighted by Crippen LogP contribution is 2.38. The molecule has 21 heavy (non-hydrogen) atoms. The van der Waals surface area contributed by atoms with Crippen LogP contribution in [0.2, 0.25) is 0 Å². The highest BCUT2D eigenvalue weighted by molar-refractivity contribution is 5.77. The van der Waals surface area contributed by atoms with Gasteiger partial charge in [0.25, 0.3) is 5.56 Å². The fourth-order valence-electron chi connectivity index (χ4n) is 3.88. The molecule has 1 aliphatic carbocycles. The molecule has 1 aliphatic heterocycles. The van der Waals surface area contributed by atoms with E-state index < -0.39 is 0 Å².